The molecule has 2 aromatic carbocycles. The van der Waals surface area contributed by atoms with Gasteiger partial charge < -0.3 is 26.0 Å². The highest BCUT2D eigenvalue weighted by Crippen LogP contribution is 2.15. The maximum absolute atomic E-state index is 12.7. The standard InChI is InChI=1S/C22H26N4O6/c23-20(24)25-13-7-12-18(19(27)28)26(21(29)31-14-16-8-3-1-4-9-16)22(30)32-15-17-10-5-2-6-11-17/h1-6,8-11,18H,7,12-15H2,(H,27,28)(H4,23,24,25). The largest absolute Gasteiger partial charge is 0.480 e. The quantitative estimate of drug-likeness (QED) is 0.288. The molecular weight excluding hydrogens is 416 g/mol. The molecule has 0 heterocycles. The summed E-state index contributed by atoms with van der Waals surface area (Å²) in [7, 11) is 0. The molecule has 0 saturated carbocycles. The SMILES string of the molecule is NC(N)=NCCCC(C(=O)O)N(C(=O)OCc1ccccc1)C(=O)OCc1ccccc1. The van der Waals surface area contributed by atoms with Crippen LogP contribution in [0.2, 0.25) is 0 Å². The Balaban J connectivity index is 2.14. The van der Waals surface area contributed by atoms with Gasteiger partial charge in [-0.05, 0) is 24.0 Å². The van der Waals surface area contributed by atoms with Gasteiger partial charge in [-0.3, -0.25) is 4.99 Å². The lowest BCUT2D eigenvalue weighted by Gasteiger charge is -2.25. The van der Waals surface area contributed by atoms with Crippen LogP contribution in [0.3, 0.4) is 0 Å². The van der Waals surface area contributed by atoms with Gasteiger partial charge in [0, 0.05) is 6.54 Å². The highest BCUT2D eigenvalue weighted by Gasteiger charge is 2.37. The minimum Gasteiger partial charge on any atom is -0.480 e. The smallest absolute Gasteiger partial charge is 0.420 e. The van der Waals surface area contributed by atoms with E-state index < -0.39 is 24.2 Å². The van der Waals surface area contributed by atoms with Gasteiger partial charge in [0.15, 0.2) is 5.96 Å². The second-order valence-corrected chi connectivity index (χ2v) is 6.75. The molecule has 10 nitrogen and oxygen atoms in total. The number of imide groups is 1. The Morgan fingerprint density at radius 1 is 0.875 bits per heavy atom. The summed E-state index contributed by atoms with van der Waals surface area (Å²) in [5.74, 6) is -1.53. The molecule has 0 fully saturated rings. The summed E-state index contributed by atoms with van der Waals surface area (Å²) in [5.41, 5.74) is 11.9. The Morgan fingerprint density at radius 3 is 1.75 bits per heavy atom. The average molecular weight is 442 g/mol. The molecule has 0 aliphatic rings. The van der Waals surface area contributed by atoms with Crippen molar-refractivity contribution in [1.29, 1.82) is 0 Å². The van der Waals surface area contributed by atoms with E-state index in [4.69, 9.17) is 20.9 Å². The van der Waals surface area contributed by atoms with Gasteiger partial charge in [0.05, 0.1) is 0 Å². The number of benzene rings is 2. The minimum absolute atomic E-state index is 0.0903. The second-order valence-electron chi connectivity index (χ2n) is 6.75. The summed E-state index contributed by atoms with van der Waals surface area (Å²) in [6.45, 7) is -0.136. The number of aliphatic carboxylic acids is 1. The molecule has 2 aromatic rings. The number of carbonyl (C=O) groups excluding carboxylic acids is 2. The number of carbonyl (C=O) groups is 3. The number of rotatable bonds is 10. The van der Waals surface area contributed by atoms with Crippen LogP contribution in [0.25, 0.3) is 0 Å². The molecule has 5 N–H and O–H groups in total. The Bertz CT molecular complexity index is 861. The summed E-state index contributed by atoms with van der Waals surface area (Å²) in [4.78, 5) is 41.6. The maximum Gasteiger partial charge on any atom is 0.420 e. The van der Waals surface area contributed by atoms with Crippen LogP contribution in [-0.4, -0.2) is 46.7 Å². The fraction of sp³-hybridized carbons (Fsp3) is 0.273. The average Bonchev–Trinajstić information content (AvgIpc) is 2.79. The van der Waals surface area contributed by atoms with Crippen molar-refractivity contribution in [2.75, 3.05) is 6.54 Å². The Hall–Kier alpha value is -4.08. The Labute approximate surface area is 185 Å². The molecule has 2 rings (SSSR count). The predicted molar refractivity (Wildman–Crippen MR) is 116 cm³/mol. The van der Waals surface area contributed by atoms with E-state index in [1.807, 2.05) is 0 Å². The Morgan fingerprint density at radius 2 is 1.34 bits per heavy atom. The fourth-order valence-corrected chi connectivity index (χ4v) is 2.76. The molecule has 0 aliphatic carbocycles. The molecule has 0 aliphatic heterocycles. The number of amides is 2. The maximum atomic E-state index is 12.7. The lowest BCUT2D eigenvalue weighted by atomic mass is 10.1. The first kappa shape index (κ1) is 24.2. The number of carboxylic acids is 1. The normalized spacial score (nSPS) is 11.1. The summed E-state index contributed by atoms with van der Waals surface area (Å²) in [5, 5.41) is 9.68. The fourth-order valence-electron chi connectivity index (χ4n) is 2.76. The Kier molecular flexibility index (Phi) is 9.51. The van der Waals surface area contributed by atoms with E-state index >= 15 is 0 Å². The predicted octanol–water partition coefficient (Wildman–Crippen LogP) is 2.47. The van der Waals surface area contributed by atoms with Crippen molar-refractivity contribution < 1.29 is 29.0 Å². The van der Waals surface area contributed by atoms with Crippen molar-refractivity contribution in [3.05, 3.63) is 71.8 Å². The van der Waals surface area contributed by atoms with Gasteiger partial charge in [-0.25, -0.2) is 14.4 Å². The van der Waals surface area contributed by atoms with Crippen LogP contribution in [0, 0.1) is 0 Å². The van der Waals surface area contributed by atoms with Crippen LogP contribution < -0.4 is 11.5 Å². The number of nitrogens with two attached hydrogens (primary N) is 2. The number of carboxylic acid groups (broad SMARTS) is 1. The highest BCUT2D eigenvalue weighted by atomic mass is 16.6. The first-order valence-corrected chi connectivity index (χ1v) is 9.87. The zero-order valence-corrected chi connectivity index (χ0v) is 17.4. The van der Waals surface area contributed by atoms with Gasteiger partial charge in [0.2, 0.25) is 0 Å². The van der Waals surface area contributed by atoms with Crippen molar-refractivity contribution >= 4 is 24.1 Å². The van der Waals surface area contributed by atoms with Crippen molar-refractivity contribution in [2.24, 2.45) is 16.5 Å². The third-order valence-corrected chi connectivity index (χ3v) is 4.33. The number of hydrogen-bond acceptors (Lipinski definition) is 6. The van der Waals surface area contributed by atoms with E-state index in [0.717, 1.165) is 0 Å². The summed E-state index contributed by atoms with van der Waals surface area (Å²) < 4.78 is 10.4. The first-order chi connectivity index (χ1) is 15.4. The number of ether oxygens (including phenoxy) is 2. The first-order valence-electron chi connectivity index (χ1n) is 9.87. The van der Waals surface area contributed by atoms with Gasteiger partial charge in [-0.2, -0.15) is 4.90 Å². The van der Waals surface area contributed by atoms with E-state index in [2.05, 4.69) is 4.99 Å². The van der Waals surface area contributed by atoms with E-state index in [1.54, 1.807) is 60.7 Å². The van der Waals surface area contributed by atoms with Crippen LogP contribution in [0.5, 0.6) is 0 Å². The monoisotopic (exact) mass is 442 g/mol. The van der Waals surface area contributed by atoms with Crippen molar-refractivity contribution in [3.8, 4) is 0 Å². The zero-order valence-electron chi connectivity index (χ0n) is 17.4. The van der Waals surface area contributed by atoms with Crippen molar-refractivity contribution in [2.45, 2.75) is 32.1 Å². The highest BCUT2D eigenvalue weighted by molar-refractivity contribution is 5.93. The number of guanidine groups is 1. The van der Waals surface area contributed by atoms with Gasteiger partial charge in [-0.15, -0.1) is 0 Å². The molecule has 0 saturated heterocycles. The second kappa shape index (κ2) is 12.6. The summed E-state index contributed by atoms with van der Waals surface area (Å²) in [6.07, 6.45) is -2.13. The molecule has 0 spiro atoms. The molecular formula is C22H26N4O6. The summed E-state index contributed by atoms with van der Waals surface area (Å²) >= 11 is 0. The number of nitrogens with zero attached hydrogens (tertiary/aromatic N) is 2. The molecule has 1 atom stereocenters. The van der Waals surface area contributed by atoms with Gasteiger partial charge >= 0.3 is 18.2 Å². The minimum atomic E-state index is -1.52. The van der Waals surface area contributed by atoms with Crippen LogP contribution in [0.15, 0.2) is 65.7 Å². The zero-order chi connectivity index (χ0) is 23.3. The molecule has 0 bridgehead atoms. The molecule has 170 valence electrons. The van der Waals surface area contributed by atoms with Crippen LogP contribution in [0.4, 0.5) is 9.59 Å². The van der Waals surface area contributed by atoms with Crippen molar-refractivity contribution in [1.82, 2.24) is 4.90 Å². The molecule has 0 aromatic heterocycles. The molecule has 2 amide bonds. The lowest BCUT2D eigenvalue weighted by Crippen LogP contribution is -2.49. The molecule has 1 unspecified atom stereocenters. The third-order valence-electron chi connectivity index (χ3n) is 4.33. The molecule has 10 heteroatoms. The van der Waals surface area contributed by atoms with Gasteiger partial charge in [0.1, 0.15) is 19.3 Å². The topological polar surface area (TPSA) is 158 Å². The third kappa shape index (κ3) is 7.98. The van der Waals surface area contributed by atoms with Crippen LogP contribution in [-0.2, 0) is 27.5 Å². The van der Waals surface area contributed by atoms with Crippen LogP contribution >= 0.6 is 0 Å². The number of aliphatic imine (C=N–C) groups is 1. The van der Waals surface area contributed by atoms with E-state index in [1.165, 1.54) is 0 Å². The summed E-state index contributed by atoms with van der Waals surface area (Å²) in [6, 6.07) is 16.1. The van der Waals surface area contributed by atoms with E-state index in [-0.39, 0.29) is 38.6 Å². The van der Waals surface area contributed by atoms with Gasteiger partial charge in [-0.1, -0.05) is 60.7 Å². The lowest BCUT2D eigenvalue weighted by molar-refractivity contribution is -0.142. The van der Waals surface area contributed by atoms with E-state index in [9.17, 15) is 19.5 Å². The number of hydrogen-bond donors (Lipinski definition) is 3. The molecule has 32 heavy (non-hydrogen) atoms. The van der Waals surface area contributed by atoms with E-state index in [0.29, 0.717) is 16.0 Å². The van der Waals surface area contributed by atoms with Crippen molar-refractivity contribution in [3.63, 3.8) is 0 Å². The van der Waals surface area contributed by atoms with Gasteiger partial charge in [0.25, 0.3) is 0 Å². The molecule has 0 radical (unpaired) electrons. The van der Waals surface area contributed by atoms with Crippen LogP contribution in [0.1, 0.15) is 24.0 Å².